The Morgan fingerprint density at radius 1 is 1.24 bits per heavy atom. The Labute approximate surface area is 128 Å². The van der Waals surface area contributed by atoms with Gasteiger partial charge in [-0.1, -0.05) is 32.0 Å². The lowest BCUT2D eigenvalue weighted by molar-refractivity contribution is -0.154. The van der Waals surface area contributed by atoms with Crippen LogP contribution in [0.25, 0.3) is 0 Å². The van der Waals surface area contributed by atoms with Crippen LogP contribution in [0.3, 0.4) is 0 Å². The van der Waals surface area contributed by atoms with Crippen LogP contribution in [0.5, 0.6) is 0 Å². The molecule has 0 saturated carbocycles. The lowest BCUT2D eigenvalue weighted by Gasteiger charge is -2.27. The standard InChI is InChI=1S/C18H29NO2/c1-6-13-9-10-14(7-2)15(11-13)16(19)12-18(4,5)17(20)21-8-3/h9-11,16H,6-8,12,19H2,1-5H3. The molecule has 0 aliphatic heterocycles. The molecule has 3 heteroatoms. The van der Waals surface area contributed by atoms with E-state index in [1.165, 1.54) is 11.1 Å². The van der Waals surface area contributed by atoms with Gasteiger partial charge in [0.15, 0.2) is 0 Å². The second-order valence-corrected chi connectivity index (χ2v) is 6.16. The minimum Gasteiger partial charge on any atom is -0.466 e. The van der Waals surface area contributed by atoms with Gasteiger partial charge in [0.1, 0.15) is 0 Å². The average molecular weight is 291 g/mol. The normalized spacial score (nSPS) is 13.0. The highest BCUT2D eigenvalue weighted by molar-refractivity contribution is 5.76. The van der Waals surface area contributed by atoms with Crippen LogP contribution in [0, 0.1) is 5.41 Å². The maximum absolute atomic E-state index is 12.0. The molecule has 1 atom stereocenters. The van der Waals surface area contributed by atoms with E-state index in [2.05, 4.69) is 32.0 Å². The van der Waals surface area contributed by atoms with Crippen LogP contribution in [-0.2, 0) is 22.4 Å². The number of esters is 1. The van der Waals surface area contributed by atoms with E-state index in [-0.39, 0.29) is 12.0 Å². The molecule has 0 bridgehead atoms. The molecular weight excluding hydrogens is 262 g/mol. The predicted molar refractivity (Wildman–Crippen MR) is 87.2 cm³/mol. The average Bonchev–Trinajstić information content (AvgIpc) is 2.46. The van der Waals surface area contributed by atoms with Crippen molar-refractivity contribution in [2.75, 3.05) is 6.61 Å². The number of ether oxygens (including phenoxy) is 1. The summed E-state index contributed by atoms with van der Waals surface area (Å²) in [7, 11) is 0. The molecule has 118 valence electrons. The first-order valence-corrected chi connectivity index (χ1v) is 7.90. The fourth-order valence-electron chi connectivity index (χ4n) is 2.60. The minimum absolute atomic E-state index is 0.147. The lowest BCUT2D eigenvalue weighted by atomic mass is 9.82. The van der Waals surface area contributed by atoms with Crippen molar-refractivity contribution in [1.29, 1.82) is 0 Å². The van der Waals surface area contributed by atoms with Crippen molar-refractivity contribution in [3.05, 3.63) is 34.9 Å². The summed E-state index contributed by atoms with van der Waals surface area (Å²) in [5, 5.41) is 0. The van der Waals surface area contributed by atoms with E-state index in [0.717, 1.165) is 18.4 Å². The molecule has 21 heavy (non-hydrogen) atoms. The van der Waals surface area contributed by atoms with E-state index in [4.69, 9.17) is 10.5 Å². The van der Waals surface area contributed by atoms with Gasteiger partial charge in [-0.15, -0.1) is 0 Å². The zero-order chi connectivity index (χ0) is 16.0. The smallest absolute Gasteiger partial charge is 0.311 e. The summed E-state index contributed by atoms with van der Waals surface area (Å²) < 4.78 is 5.15. The molecule has 1 aromatic carbocycles. The number of hydrogen-bond donors (Lipinski definition) is 1. The lowest BCUT2D eigenvalue weighted by Crippen LogP contribution is -2.31. The second kappa shape index (κ2) is 7.60. The molecule has 0 aromatic heterocycles. The van der Waals surface area contributed by atoms with Gasteiger partial charge < -0.3 is 10.5 Å². The van der Waals surface area contributed by atoms with Gasteiger partial charge in [0.25, 0.3) is 0 Å². The highest BCUT2D eigenvalue weighted by Crippen LogP contribution is 2.32. The third-order valence-corrected chi connectivity index (χ3v) is 3.96. The largest absolute Gasteiger partial charge is 0.466 e. The predicted octanol–water partition coefficient (Wildman–Crippen LogP) is 3.79. The van der Waals surface area contributed by atoms with E-state index in [9.17, 15) is 4.79 Å². The molecular formula is C18H29NO2. The zero-order valence-electron chi connectivity index (χ0n) is 14.0. The zero-order valence-corrected chi connectivity index (χ0v) is 14.0. The van der Waals surface area contributed by atoms with E-state index in [1.54, 1.807) is 0 Å². The van der Waals surface area contributed by atoms with Crippen molar-refractivity contribution < 1.29 is 9.53 Å². The SMILES string of the molecule is CCOC(=O)C(C)(C)CC(N)c1cc(CC)ccc1CC. The molecule has 1 rings (SSSR count). The molecule has 2 N–H and O–H groups in total. The molecule has 0 heterocycles. The topological polar surface area (TPSA) is 52.3 Å². The van der Waals surface area contributed by atoms with E-state index < -0.39 is 5.41 Å². The van der Waals surface area contributed by atoms with Crippen LogP contribution in [0.1, 0.15) is 63.8 Å². The maximum atomic E-state index is 12.0. The molecule has 0 aliphatic carbocycles. The van der Waals surface area contributed by atoms with Crippen LogP contribution < -0.4 is 5.73 Å². The summed E-state index contributed by atoms with van der Waals surface area (Å²) in [4.78, 5) is 12.0. The van der Waals surface area contributed by atoms with Crippen LogP contribution in [0.2, 0.25) is 0 Å². The number of carbonyl (C=O) groups excluding carboxylic acids is 1. The number of nitrogens with two attached hydrogens (primary N) is 1. The number of aryl methyl sites for hydroxylation is 2. The third-order valence-electron chi connectivity index (χ3n) is 3.96. The van der Waals surface area contributed by atoms with Gasteiger partial charge >= 0.3 is 5.97 Å². The Morgan fingerprint density at radius 2 is 1.90 bits per heavy atom. The molecule has 0 spiro atoms. The monoisotopic (exact) mass is 291 g/mol. The van der Waals surface area contributed by atoms with Crippen molar-refractivity contribution in [2.45, 2.75) is 59.9 Å². The first-order valence-electron chi connectivity index (χ1n) is 7.90. The van der Waals surface area contributed by atoms with Crippen molar-refractivity contribution in [2.24, 2.45) is 11.1 Å². The van der Waals surface area contributed by atoms with E-state index >= 15 is 0 Å². The van der Waals surface area contributed by atoms with Crippen molar-refractivity contribution in [1.82, 2.24) is 0 Å². The fourth-order valence-corrected chi connectivity index (χ4v) is 2.60. The van der Waals surface area contributed by atoms with Crippen LogP contribution in [-0.4, -0.2) is 12.6 Å². The maximum Gasteiger partial charge on any atom is 0.311 e. The van der Waals surface area contributed by atoms with Crippen molar-refractivity contribution >= 4 is 5.97 Å². The van der Waals surface area contributed by atoms with Gasteiger partial charge in [-0.2, -0.15) is 0 Å². The quantitative estimate of drug-likeness (QED) is 0.778. The summed E-state index contributed by atoms with van der Waals surface area (Å²) in [5.41, 5.74) is 9.55. The Morgan fingerprint density at radius 3 is 2.43 bits per heavy atom. The minimum atomic E-state index is -0.567. The summed E-state index contributed by atoms with van der Waals surface area (Å²) in [6, 6.07) is 6.35. The Hall–Kier alpha value is -1.35. The summed E-state index contributed by atoms with van der Waals surface area (Å²) in [6.45, 7) is 10.3. The van der Waals surface area contributed by atoms with Gasteiger partial charge in [-0.05, 0) is 56.7 Å². The molecule has 0 radical (unpaired) electrons. The molecule has 1 unspecified atom stereocenters. The van der Waals surface area contributed by atoms with Crippen molar-refractivity contribution in [3.63, 3.8) is 0 Å². The second-order valence-electron chi connectivity index (χ2n) is 6.16. The van der Waals surface area contributed by atoms with Gasteiger partial charge in [-0.25, -0.2) is 0 Å². The molecule has 0 amide bonds. The van der Waals surface area contributed by atoms with Gasteiger partial charge in [-0.3, -0.25) is 4.79 Å². The highest BCUT2D eigenvalue weighted by Gasteiger charge is 2.32. The third kappa shape index (κ3) is 4.57. The van der Waals surface area contributed by atoms with Crippen LogP contribution in [0.15, 0.2) is 18.2 Å². The Bertz CT molecular complexity index is 480. The van der Waals surface area contributed by atoms with E-state index in [0.29, 0.717) is 13.0 Å². The molecule has 1 aromatic rings. The van der Waals surface area contributed by atoms with Crippen LogP contribution in [0.4, 0.5) is 0 Å². The van der Waals surface area contributed by atoms with Crippen molar-refractivity contribution in [3.8, 4) is 0 Å². The first kappa shape index (κ1) is 17.7. The number of carbonyl (C=O) groups is 1. The Balaban J connectivity index is 2.97. The Kier molecular flexibility index (Phi) is 6.41. The summed E-state index contributed by atoms with van der Waals surface area (Å²) >= 11 is 0. The fraction of sp³-hybridized carbons (Fsp3) is 0.611. The molecule has 0 aliphatic rings. The molecule has 3 nitrogen and oxygen atoms in total. The van der Waals surface area contributed by atoms with Gasteiger partial charge in [0.2, 0.25) is 0 Å². The molecule has 0 saturated heterocycles. The van der Waals surface area contributed by atoms with Crippen LogP contribution >= 0.6 is 0 Å². The van der Waals surface area contributed by atoms with E-state index in [1.807, 2.05) is 20.8 Å². The summed E-state index contributed by atoms with van der Waals surface area (Å²) in [5.74, 6) is -0.176. The van der Waals surface area contributed by atoms with Gasteiger partial charge in [0.05, 0.1) is 12.0 Å². The highest BCUT2D eigenvalue weighted by atomic mass is 16.5. The van der Waals surface area contributed by atoms with Gasteiger partial charge in [0, 0.05) is 6.04 Å². The summed E-state index contributed by atoms with van der Waals surface area (Å²) in [6.07, 6.45) is 2.53. The first-order chi connectivity index (χ1) is 9.85. The number of hydrogen-bond acceptors (Lipinski definition) is 3. The number of rotatable bonds is 7. The molecule has 0 fully saturated rings. The number of benzene rings is 1.